The monoisotopic (exact) mass is 452 g/mol. The second-order valence-electron chi connectivity index (χ2n) is 8.80. The van der Waals surface area contributed by atoms with E-state index in [1.54, 1.807) is 45.0 Å². The highest BCUT2D eigenvalue weighted by atomic mass is 19.4. The van der Waals surface area contributed by atoms with Crippen molar-refractivity contribution in [2.24, 2.45) is 0 Å². The highest BCUT2D eigenvalue weighted by molar-refractivity contribution is 5.69. The number of hydrogen-bond donors (Lipinski definition) is 0. The first kappa shape index (κ1) is 23.7. The summed E-state index contributed by atoms with van der Waals surface area (Å²) in [6, 6.07) is 6.99. The van der Waals surface area contributed by atoms with Gasteiger partial charge >= 0.3 is 12.3 Å². The van der Waals surface area contributed by atoms with Crippen LogP contribution in [0.2, 0.25) is 0 Å². The highest BCUT2D eigenvalue weighted by Gasteiger charge is 2.38. The molecule has 0 N–H and O–H groups in total. The molecule has 1 unspecified atom stereocenters. The van der Waals surface area contributed by atoms with Gasteiger partial charge in [-0.05, 0) is 62.9 Å². The van der Waals surface area contributed by atoms with Gasteiger partial charge in [-0.25, -0.2) is 4.79 Å². The van der Waals surface area contributed by atoms with Crippen molar-refractivity contribution in [3.8, 4) is 5.75 Å². The number of amides is 1. The molecule has 32 heavy (non-hydrogen) atoms. The number of methoxy groups -OCH3 is 1. The molecule has 0 aliphatic carbocycles. The summed E-state index contributed by atoms with van der Waals surface area (Å²) in [6.45, 7) is 5.52. The van der Waals surface area contributed by atoms with Gasteiger partial charge in [0.05, 0.1) is 19.7 Å². The Labute approximate surface area is 184 Å². The summed E-state index contributed by atoms with van der Waals surface area (Å²) < 4.78 is 52.6. The van der Waals surface area contributed by atoms with Gasteiger partial charge in [-0.1, -0.05) is 12.1 Å². The Balaban J connectivity index is 2.00. The summed E-state index contributed by atoms with van der Waals surface area (Å²) in [5, 5.41) is 0. The Kier molecular flexibility index (Phi) is 6.57. The van der Waals surface area contributed by atoms with Crippen LogP contribution in [-0.2, 0) is 17.5 Å². The van der Waals surface area contributed by atoms with E-state index in [1.165, 1.54) is 18.2 Å². The molecule has 6 nitrogen and oxygen atoms in total. The average molecular weight is 452 g/mol. The summed E-state index contributed by atoms with van der Waals surface area (Å²) in [6.07, 6.45) is -2.87. The zero-order chi connectivity index (χ0) is 23.7. The van der Waals surface area contributed by atoms with Gasteiger partial charge in [-0.15, -0.1) is 0 Å². The van der Waals surface area contributed by atoms with Crippen LogP contribution in [0.1, 0.15) is 56.3 Å². The molecule has 0 spiro atoms. The third-order valence-electron chi connectivity index (χ3n) is 5.19. The Hall–Kier alpha value is -2.97. The number of carbonyl (C=O) groups is 1. The number of carbonyl (C=O) groups excluding carboxylic acids is 1. The van der Waals surface area contributed by atoms with Crippen LogP contribution < -0.4 is 10.3 Å². The van der Waals surface area contributed by atoms with Crippen molar-refractivity contribution in [3.05, 3.63) is 63.6 Å². The summed E-state index contributed by atoms with van der Waals surface area (Å²) >= 11 is 0. The van der Waals surface area contributed by atoms with E-state index in [0.29, 0.717) is 30.7 Å². The number of benzene rings is 1. The highest BCUT2D eigenvalue weighted by Crippen LogP contribution is 2.35. The van der Waals surface area contributed by atoms with Crippen LogP contribution in [0.25, 0.3) is 0 Å². The topological polar surface area (TPSA) is 60.8 Å². The first-order chi connectivity index (χ1) is 14.9. The minimum Gasteiger partial charge on any atom is -0.497 e. The average Bonchev–Trinajstić information content (AvgIpc) is 3.18. The molecule has 1 aromatic carbocycles. The van der Waals surface area contributed by atoms with Gasteiger partial charge in [-0.2, -0.15) is 13.2 Å². The molecule has 0 radical (unpaired) electrons. The lowest BCUT2D eigenvalue weighted by Crippen LogP contribution is -2.37. The SMILES string of the molecule is COc1ccc(Cn2cc(C3CCCN3C(=O)OC(C)(C)C)cc(C(F)(F)F)c2=O)cc1. The van der Waals surface area contributed by atoms with Gasteiger partial charge in [0.1, 0.15) is 16.9 Å². The van der Waals surface area contributed by atoms with Crippen molar-refractivity contribution in [1.82, 2.24) is 9.47 Å². The Bertz CT molecular complexity index is 1020. The van der Waals surface area contributed by atoms with E-state index < -0.39 is 35.0 Å². The predicted molar refractivity (Wildman–Crippen MR) is 113 cm³/mol. The zero-order valence-corrected chi connectivity index (χ0v) is 18.5. The van der Waals surface area contributed by atoms with Gasteiger partial charge in [0.15, 0.2) is 0 Å². The maximum atomic E-state index is 13.7. The molecule has 3 rings (SSSR count). The number of alkyl halides is 3. The molecule has 1 aliphatic rings. The van der Waals surface area contributed by atoms with Gasteiger partial charge in [0.2, 0.25) is 0 Å². The number of hydrogen-bond acceptors (Lipinski definition) is 4. The van der Waals surface area contributed by atoms with Crippen molar-refractivity contribution in [1.29, 1.82) is 0 Å². The molecule has 0 bridgehead atoms. The quantitative estimate of drug-likeness (QED) is 0.655. The third kappa shape index (κ3) is 5.44. The molecule has 1 atom stereocenters. The van der Waals surface area contributed by atoms with Crippen LogP contribution in [0.3, 0.4) is 0 Å². The van der Waals surface area contributed by atoms with Crippen molar-refractivity contribution in [2.75, 3.05) is 13.7 Å². The van der Waals surface area contributed by atoms with E-state index >= 15 is 0 Å². The number of pyridine rings is 1. The van der Waals surface area contributed by atoms with Crippen molar-refractivity contribution in [2.45, 2.75) is 58.0 Å². The summed E-state index contributed by atoms with van der Waals surface area (Å²) in [5.74, 6) is 0.602. The summed E-state index contributed by atoms with van der Waals surface area (Å²) in [5.41, 5.74) is -2.20. The second kappa shape index (κ2) is 8.88. The Morgan fingerprint density at radius 3 is 2.38 bits per heavy atom. The van der Waals surface area contributed by atoms with Crippen LogP contribution in [0.15, 0.2) is 41.3 Å². The lowest BCUT2D eigenvalue weighted by atomic mass is 10.0. The molecule has 2 heterocycles. The standard InChI is InChI=1S/C23H27F3N2O4/c1-22(2,3)32-21(30)28-11-5-6-19(28)16-12-18(23(24,25)26)20(29)27(14-16)13-15-7-9-17(31-4)10-8-15/h7-10,12,14,19H,5-6,11,13H2,1-4H3. The van der Waals surface area contributed by atoms with Crippen LogP contribution in [-0.4, -0.2) is 34.8 Å². The minimum absolute atomic E-state index is 0.0428. The van der Waals surface area contributed by atoms with Crippen LogP contribution >= 0.6 is 0 Å². The molecule has 1 fully saturated rings. The van der Waals surface area contributed by atoms with Crippen LogP contribution in [0.4, 0.5) is 18.0 Å². The van der Waals surface area contributed by atoms with E-state index in [1.807, 2.05) is 0 Å². The molecular weight excluding hydrogens is 425 g/mol. The molecule has 1 amide bonds. The van der Waals surface area contributed by atoms with E-state index in [9.17, 15) is 22.8 Å². The maximum absolute atomic E-state index is 13.7. The predicted octanol–water partition coefficient (Wildman–Crippen LogP) is 5.00. The number of halogens is 3. The molecule has 2 aromatic rings. The Morgan fingerprint density at radius 1 is 1.16 bits per heavy atom. The maximum Gasteiger partial charge on any atom is 0.421 e. The van der Waals surface area contributed by atoms with Gasteiger partial charge < -0.3 is 18.9 Å². The van der Waals surface area contributed by atoms with Crippen molar-refractivity contribution >= 4 is 6.09 Å². The normalized spacial score (nSPS) is 16.8. The van der Waals surface area contributed by atoms with Crippen molar-refractivity contribution in [3.63, 3.8) is 0 Å². The molecule has 1 saturated heterocycles. The largest absolute Gasteiger partial charge is 0.497 e. The molecule has 1 aromatic heterocycles. The van der Waals surface area contributed by atoms with Gasteiger partial charge in [0, 0.05) is 12.7 Å². The molecule has 1 aliphatic heterocycles. The summed E-state index contributed by atoms with van der Waals surface area (Å²) in [4.78, 5) is 26.7. The second-order valence-corrected chi connectivity index (χ2v) is 8.80. The lowest BCUT2D eigenvalue weighted by molar-refractivity contribution is -0.139. The number of rotatable bonds is 4. The molecular formula is C23H27F3N2O4. The van der Waals surface area contributed by atoms with Gasteiger partial charge in [-0.3, -0.25) is 4.79 Å². The smallest absolute Gasteiger partial charge is 0.421 e. The summed E-state index contributed by atoms with van der Waals surface area (Å²) in [7, 11) is 1.51. The van der Waals surface area contributed by atoms with Crippen LogP contribution in [0, 0.1) is 0 Å². The fourth-order valence-electron chi connectivity index (χ4n) is 3.74. The van der Waals surface area contributed by atoms with E-state index in [4.69, 9.17) is 9.47 Å². The minimum atomic E-state index is -4.82. The Morgan fingerprint density at radius 2 is 1.81 bits per heavy atom. The lowest BCUT2D eigenvalue weighted by Gasteiger charge is -2.29. The third-order valence-corrected chi connectivity index (χ3v) is 5.19. The molecule has 174 valence electrons. The fourth-order valence-corrected chi connectivity index (χ4v) is 3.74. The van der Waals surface area contributed by atoms with E-state index in [-0.39, 0.29) is 12.1 Å². The number of likely N-dealkylation sites (tertiary alicyclic amines) is 1. The molecule has 9 heteroatoms. The van der Waals surface area contributed by atoms with Crippen molar-refractivity contribution < 1.29 is 27.4 Å². The van der Waals surface area contributed by atoms with E-state index in [0.717, 1.165) is 10.6 Å². The molecule has 0 saturated carbocycles. The fraction of sp³-hybridized carbons (Fsp3) is 0.478. The van der Waals surface area contributed by atoms with E-state index in [2.05, 4.69) is 0 Å². The number of nitrogens with zero attached hydrogens (tertiary/aromatic N) is 2. The number of aromatic nitrogens is 1. The first-order valence-electron chi connectivity index (χ1n) is 10.3. The van der Waals surface area contributed by atoms with Gasteiger partial charge in [0.25, 0.3) is 5.56 Å². The zero-order valence-electron chi connectivity index (χ0n) is 18.5. The van der Waals surface area contributed by atoms with Crippen LogP contribution in [0.5, 0.6) is 5.75 Å². The first-order valence-corrected chi connectivity index (χ1v) is 10.3. The number of ether oxygens (including phenoxy) is 2.